The number of aromatic amines is 1. The largest absolute Gasteiger partial charge is 0.297 e. The van der Waals surface area contributed by atoms with Crippen LogP contribution in [-0.2, 0) is 29.3 Å². The Morgan fingerprint density at radius 3 is 2.53 bits per heavy atom. The van der Waals surface area contributed by atoms with Crippen molar-refractivity contribution < 1.29 is 8.42 Å². The molecule has 30 heavy (non-hydrogen) atoms. The Morgan fingerprint density at radius 1 is 1.17 bits per heavy atom. The number of benzene rings is 1. The van der Waals surface area contributed by atoms with Crippen LogP contribution in [0.15, 0.2) is 55.4 Å². The first kappa shape index (κ1) is 21.4. The van der Waals surface area contributed by atoms with Crippen molar-refractivity contribution in [1.29, 1.82) is 0 Å². The predicted octanol–water partition coefficient (Wildman–Crippen LogP) is 3.32. The highest BCUT2D eigenvalue weighted by Gasteiger charge is 2.23. The molecule has 1 aliphatic heterocycles. The number of halogens is 2. The first-order chi connectivity index (χ1) is 14.2. The molecule has 0 saturated heterocycles. The highest BCUT2D eigenvalue weighted by molar-refractivity contribution is 9.11. The summed E-state index contributed by atoms with van der Waals surface area (Å²) in [4.78, 5) is 25.6. The highest BCUT2D eigenvalue weighted by Crippen LogP contribution is 2.27. The molecule has 0 amide bonds. The highest BCUT2D eigenvalue weighted by atomic mass is 79.9. The molecular formula is C20H18Br2N4O3S. The van der Waals surface area contributed by atoms with Crippen LogP contribution in [0.4, 0.5) is 0 Å². The molecule has 3 heterocycles. The van der Waals surface area contributed by atoms with Crippen molar-refractivity contribution in [3.63, 3.8) is 0 Å². The molecular weight excluding hydrogens is 536 g/mol. The van der Waals surface area contributed by atoms with Crippen molar-refractivity contribution in [2.45, 2.75) is 24.7 Å². The van der Waals surface area contributed by atoms with Gasteiger partial charge in [-0.05, 0) is 29.8 Å². The van der Waals surface area contributed by atoms with Crippen molar-refractivity contribution in [1.82, 2.24) is 19.9 Å². The maximum atomic E-state index is 12.4. The third-order valence-electron chi connectivity index (χ3n) is 4.87. The quantitative estimate of drug-likeness (QED) is 0.498. The number of nitrogens with zero attached hydrogens (tertiary/aromatic N) is 3. The van der Waals surface area contributed by atoms with Crippen LogP contribution >= 0.6 is 31.9 Å². The Kier molecular flexibility index (Phi) is 5.93. The summed E-state index contributed by atoms with van der Waals surface area (Å²) in [5.74, 6) is 0. The molecule has 10 heteroatoms. The molecule has 0 unspecified atom stereocenters. The fourth-order valence-corrected chi connectivity index (χ4v) is 5.27. The van der Waals surface area contributed by atoms with Gasteiger partial charge in [0, 0.05) is 53.0 Å². The van der Waals surface area contributed by atoms with Crippen LogP contribution in [0.25, 0.3) is 11.3 Å². The molecule has 0 aliphatic carbocycles. The van der Waals surface area contributed by atoms with Gasteiger partial charge in [0.25, 0.3) is 5.56 Å². The molecule has 2 aromatic heterocycles. The maximum absolute atomic E-state index is 12.4. The van der Waals surface area contributed by atoms with E-state index in [-0.39, 0.29) is 10.7 Å². The van der Waals surface area contributed by atoms with Gasteiger partial charge in [0.15, 0.2) is 0 Å². The van der Waals surface area contributed by atoms with Crippen LogP contribution in [0.2, 0.25) is 0 Å². The lowest BCUT2D eigenvalue weighted by atomic mass is 10.1. The van der Waals surface area contributed by atoms with Crippen molar-refractivity contribution in [2.75, 3.05) is 12.8 Å². The van der Waals surface area contributed by atoms with E-state index in [1.807, 2.05) is 36.5 Å². The second kappa shape index (κ2) is 8.33. The Bertz CT molecular complexity index is 1250. The molecule has 1 aromatic carbocycles. The monoisotopic (exact) mass is 552 g/mol. The summed E-state index contributed by atoms with van der Waals surface area (Å²) < 4.78 is 25.3. The zero-order chi connectivity index (χ0) is 21.5. The molecule has 0 fully saturated rings. The summed E-state index contributed by atoms with van der Waals surface area (Å²) >= 11 is 6.99. The zero-order valence-corrected chi connectivity index (χ0v) is 20.0. The summed E-state index contributed by atoms with van der Waals surface area (Å²) in [5, 5.41) is -0.265. The third-order valence-corrected chi connectivity index (χ3v) is 6.68. The zero-order valence-electron chi connectivity index (χ0n) is 16.0. The lowest BCUT2D eigenvalue weighted by Gasteiger charge is -2.27. The predicted molar refractivity (Wildman–Crippen MR) is 121 cm³/mol. The van der Waals surface area contributed by atoms with E-state index in [1.54, 1.807) is 0 Å². The number of hydrogen-bond acceptors (Lipinski definition) is 6. The number of aromatic nitrogens is 3. The minimum atomic E-state index is -3.55. The number of nitrogens with one attached hydrogen (secondary N) is 1. The van der Waals surface area contributed by atoms with Gasteiger partial charge < -0.3 is 0 Å². The van der Waals surface area contributed by atoms with E-state index >= 15 is 0 Å². The van der Waals surface area contributed by atoms with Crippen molar-refractivity contribution in [3.8, 4) is 11.3 Å². The molecule has 1 N–H and O–H groups in total. The topological polar surface area (TPSA) is 96.0 Å². The Labute approximate surface area is 190 Å². The number of pyridine rings is 1. The van der Waals surface area contributed by atoms with Crippen LogP contribution in [0.1, 0.15) is 16.8 Å². The van der Waals surface area contributed by atoms with E-state index in [2.05, 4.69) is 51.7 Å². The SMILES string of the molecule is CS(=O)(=O)c1nc2c(c(=O)[nH]1)CN(Cc1ccc(-c3cc(Br)cc(Br)c3)nc1)CC2. The van der Waals surface area contributed by atoms with Gasteiger partial charge in [0.05, 0.1) is 17.0 Å². The average molecular weight is 554 g/mol. The normalized spacial score (nSPS) is 14.5. The molecule has 0 atom stereocenters. The standard InChI is InChI=1S/C20H18Br2N4O3S/c1-30(28,29)20-24-18-4-5-26(11-16(18)19(27)25-20)10-12-2-3-17(23-9-12)13-6-14(21)8-15(22)7-13/h2-3,6-9H,4-5,10-11H2,1H3,(H,24,25,27). The lowest BCUT2D eigenvalue weighted by Crippen LogP contribution is -2.36. The van der Waals surface area contributed by atoms with E-state index in [0.717, 1.165) is 32.0 Å². The smallest absolute Gasteiger partial charge is 0.256 e. The number of fused-ring (bicyclic) bond motifs is 1. The Morgan fingerprint density at radius 2 is 1.90 bits per heavy atom. The summed E-state index contributed by atoms with van der Waals surface area (Å²) in [7, 11) is -3.55. The second-order valence-electron chi connectivity index (χ2n) is 7.24. The van der Waals surface area contributed by atoms with Crippen molar-refractivity contribution in [2.24, 2.45) is 0 Å². The fraction of sp³-hybridized carbons (Fsp3) is 0.250. The molecule has 0 radical (unpaired) electrons. The van der Waals surface area contributed by atoms with Gasteiger partial charge in [-0.15, -0.1) is 0 Å². The van der Waals surface area contributed by atoms with Crippen molar-refractivity contribution in [3.05, 3.63) is 72.6 Å². The van der Waals surface area contributed by atoms with E-state index < -0.39 is 9.84 Å². The van der Waals surface area contributed by atoms with E-state index in [0.29, 0.717) is 37.3 Å². The molecule has 4 rings (SSSR count). The van der Waals surface area contributed by atoms with Crippen LogP contribution in [0, 0.1) is 0 Å². The molecule has 156 valence electrons. The van der Waals surface area contributed by atoms with Gasteiger partial charge in [-0.1, -0.05) is 37.9 Å². The molecule has 0 spiro atoms. The van der Waals surface area contributed by atoms with Gasteiger partial charge in [0.2, 0.25) is 15.0 Å². The summed E-state index contributed by atoms with van der Waals surface area (Å²) in [5.41, 5.74) is 3.61. The number of sulfone groups is 1. The summed E-state index contributed by atoms with van der Waals surface area (Å²) in [6.45, 7) is 1.75. The number of H-pyrrole nitrogens is 1. The van der Waals surface area contributed by atoms with E-state index in [4.69, 9.17) is 0 Å². The molecule has 0 saturated carbocycles. The number of rotatable bonds is 4. The maximum Gasteiger partial charge on any atom is 0.256 e. The van der Waals surface area contributed by atoms with E-state index in [9.17, 15) is 13.2 Å². The van der Waals surface area contributed by atoms with Crippen LogP contribution < -0.4 is 5.56 Å². The second-order valence-corrected chi connectivity index (χ2v) is 11.0. The molecule has 1 aliphatic rings. The first-order valence-electron chi connectivity index (χ1n) is 9.15. The molecule has 7 nitrogen and oxygen atoms in total. The average Bonchev–Trinajstić information content (AvgIpc) is 2.67. The summed E-state index contributed by atoms with van der Waals surface area (Å²) in [6, 6.07) is 10.0. The Balaban J connectivity index is 1.51. The van der Waals surface area contributed by atoms with Gasteiger partial charge in [-0.2, -0.15) is 0 Å². The van der Waals surface area contributed by atoms with Gasteiger partial charge in [0.1, 0.15) is 0 Å². The minimum Gasteiger partial charge on any atom is -0.297 e. The Hall–Kier alpha value is -1.88. The number of hydrogen-bond donors (Lipinski definition) is 1. The van der Waals surface area contributed by atoms with E-state index in [1.165, 1.54) is 0 Å². The minimum absolute atomic E-state index is 0.265. The summed E-state index contributed by atoms with van der Waals surface area (Å²) in [6.07, 6.45) is 3.41. The third kappa shape index (κ3) is 4.72. The van der Waals surface area contributed by atoms with Crippen LogP contribution in [0.5, 0.6) is 0 Å². The first-order valence-corrected chi connectivity index (χ1v) is 12.6. The van der Waals surface area contributed by atoms with Gasteiger partial charge >= 0.3 is 0 Å². The van der Waals surface area contributed by atoms with Gasteiger partial charge in [-0.25, -0.2) is 13.4 Å². The van der Waals surface area contributed by atoms with Gasteiger partial charge in [-0.3, -0.25) is 19.7 Å². The van der Waals surface area contributed by atoms with Crippen LogP contribution in [0.3, 0.4) is 0 Å². The van der Waals surface area contributed by atoms with Crippen LogP contribution in [-0.4, -0.2) is 41.1 Å². The van der Waals surface area contributed by atoms with Crippen molar-refractivity contribution >= 4 is 41.7 Å². The fourth-order valence-electron chi connectivity index (χ4n) is 3.42. The lowest BCUT2D eigenvalue weighted by molar-refractivity contribution is 0.240. The molecule has 0 bridgehead atoms. The molecule has 3 aromatic rings.